The second kappa shape index (κ2) is 7.97. The number of ether oxygens (including phenoxy) is 2. The van der Waals surface area contributed by atoms with E-state index in [0.29, 0.717) is 19.8 Å². The Hall–Kier alpha value is -0.200. The van der Waals surface area contributed by atoms with E-state index in [9.17, 15) is 5.11 Å². The van der Waals surface area contributed by atoms with Gasteiger partial charge in [0.15, 0.2) is 0 Å². The smallest absolute Gasteiger partial charge is 0.0900 e. The van der Waals surface area contributed by atoms with Gasteiger partial charge in [-0.2, -0.15) is 0 Å². The van der Waals surface area contributed by atoms with Crippen molar-refractivity contribution in [3.05, 3.63) is 0 Å². The monoisotopic (exact) mass is 232 g/mol. The average molecular weight is 232 g/mol. The molecule has 0 spiro atoms. The van der Waals surface area contributed by atoms with Crippen molar-refractivity contribution in [2.45, 2.75) is 19.1 Å². The zero-order chi connectivity index (χ0) is 11.8. The van der Waals surface area contributed by atoms with Crippen molar-refractivity contribution >= 4 is 0 Å². The van der Waals surface area contributed by atoms with Gasteiger partial charge in [0.05, 0.1) is 25.4 Å². The van der Waals surface area contributed by atoms with Gasteiger partial charge in [-0.25, -0.2) is 0 Å². The van der Waals surface area contributed by atoms with E-state index in [1.54, 1.807) is 7.11 Å². The molecule has 0 aromatic carbocycles. The summed E-state index contributed by atoms with van der Waals surface area (Å²) in [6.45, 7) is 7.62. The highest BCUT2D eigenvalue weighted by atomic mass is 16.5. The predicted molar refractivity (Wildman–Crippen MR) is 62.6 cm³/mol. The van der Waals surface area contributed by atoms with Crippen LogP contribution in [0.2, 0.25) is 0 Å². The van der Waals surface area contributed by atoms with Crippen LogP contribution in [0.15, 0.2) is 0 Å². The van der Waals surface area contributed by atoms with Gasteiger partial charge in [0.1, 0.15) is 0 Å². The summed E-state index contributed by atoms with van der Waals surface area (Å²) in [5.74, 6) is 0. The number of nitrogens with zero attached hydrogens (tertiary/aromatic N) is 1. The molecule has 0 bridgehead atoms. The molecule has 0 saturated carbocycles. The third-order valence-electron chi connectivity index (χ3n) is 2.65. The quantitative estimate of drug-likeness (QED) is 0.608. The average Bonchev–Trinajstić information content (AvgIpc) is 2.28. The van der Waals surface area contributed by atoms with E-state index in [2.05, 4.69) is 10.2 Å². The van der Waals surface area contributed by atoms with Gasteiger partial charge >= 0.3 is 0 Å². The second-order valence-corrected chi connectivity index (χ2v) is 4.30. The molecule has 0 radical (unpaired) electrons. The summed E-state index contributed by atoms with van der Waals surface area (Å²) in [5, 5.41) is 13.1. The fourth-order valence-corrected chi connectivity index (χ4v) is 1.80. The Morgan fingerprint density at radius 3 is 2.62 bits per heavy atom. The lowest BCUT2D eigenvalue weighted by atomic mass is 10.3. The van der Waals surface area contributed by atoms with Crippen LogP contribution in [-0.2, 0) is 9.47 Å². The Morgan fingerprint density at radius 1 is 1.31 bits per heavy atom. The minimum absolute atomic E-state index is 0.0441. The molecule has 1 aliphatic rings. The van der Waals surface area contributed by atoms with Crippen molar-refractivity contribution in [3.63, 3.8) is 0 Å². The Labute approximate surface area is 97.7 Å². The molecule has 1 rings (SSSR count). The third-order valence-corrected chi connectivity index (χ3v) is 2.65. The van der Waals surface area contributed by atoms with Crippen LogP contribution in [0.1, 0.15) is 6.92 Å². The number of aliphatic hydroxyl groups is 1. The third kappa shape index (κ3) is 5.77. The first-order valence-corrected chi connectivity index (χ1v) is 5.94. The minimum atomic E-state index is -0.405. The second-order valence-electron chi connectivity index (χ2n) is 4.30. The molecule has 1 aliphatic heterocycles. The number of nitrogens with one attached hydrogen (secondary N) is 1. The highest BCUT2D eigenvalue weighted by molar-refractivity contribution is 4.71. The molecule has 0 amide bonds. The fourth-order valence-electron chi connectivity index (χ4n) is 1.80. The highest BCUT2D eigenvalue weighted by Gasteiger charge is 2.15. The van der Waals surface area contributed by atoms with E-state index in [4.69, 9.17) is 9.47 Å². The van der Waals surface area contributed by atoms with Crippen LogP contribution in [0, 0.1) is 0 Å². The molecule has 2 unspecified atom stereocenters. The Balaban J connectivity index is 2.07. The molecule has 0 aliphatic carbocycles. The van der Waals surface area contributed by atoms with E-state index in [1.807, 2.05) is 6.92 Å². The van der Waals surface area contributed by atoms with Crippen LogP contribution in [-0.4, -0.2) is 75.3 Å². The summed E-state index contributed by atoms with van der Waals surface area (Å²) in [4.78, 5) is 2.26. The van der Waals surface area contributed by atoms with Crippen molar-refractivity contribution in [3.8, 4) is 0 Å². The molecule has 1 heterocycles. The fraction of sp³-hybridized carbons (Fsp3) is 1.00. The normalized spacial score (nSPS) is 21.9. The summed E-state index contributed by atoms with van der Waals surface area (Å²) < 4.78 is 10.4. The zero-order valence-corrected chi connectivity index (χ0v) is 10.3. The first-order chi connectivity index (χ1) is 7.72. The molecule has 5 heteroatoms. The van der Waals surface area contributed by atoms with Gasteiger partial charge in [0.2, 0.25) is 0 Å². The maximum Gasteiger partial charge on any atom is 0.0900 e. The molecule has 1 saturated heterocycles. The van der Waals surface area contributed by atoms with Gasteiger partial charge in [0.25, 0.3) is 0 Å². The molecular formula is C11H24N2O3. The highest BCUT2D eigenvalue weighted by Crippen LogP contribution is 1.98. The summed E-state index contributed by atoms with van der Waals surface area (Å²) in [6.07, 6.45) is -0.361. The number of hydrogen-bond acceptors (Lipinski definition) is 5. The first kappa shape index (κ1) is 13.9. The van der Waals surface area contributed by atoms with Gasteiger partial charge in [-0.05, 0) is 6.92 Å². The molecule has 0 aromatic rings. The minimum Gasteiger partial charge on any atom is -0.389 e. The van der Waals surface area contributed by atoms with Crippen molar-refractivity contribution in [2.75, 3.05) is 53.0 Å². The molecule has 2 N–H and O–H groups in total. The zero-order valence-electron chi connectivity index (χ0n) is 10.3. The lowest BCUT2D eigenvalue weighted by molar-refractivity contribution is -0.0403. The van der Waals surface area contributed by atoms with E-state index < -0.39 is 6.10 Å². The van der Waals surface area contributed by atoms with Gasteiger partial charge in [-0.3, -0.25) is 4.90 Å². The van der Waals surface area contributed by atoms with E-state index >= 15 is 0 Å². The molecular weight excluding hydrogens is 208 g/mol. The number of rotatable bonds is 7. The standard InChI is InChI=1S/C11H24N2O3/c1-10(8-15-2)16-9-11(14)7-13-5-3-12-4-6-13/h10-12,14H,3-9H2,1-2H3. The van der Waals surface area contributed by atoms with Crippen molar-refractivity contribution in [2.24, 2.45) is 0 Å². The molecule has 0 aromatic heterocycles. The van der Waals surface area contributed by atoms with Crippen molar-refractivity contribution < 1.29 is 14.6 Å². The Morgan fingerprint density at radius 2 is 2.00 bits per heavy atom. The summed E-state index contributed by atoms with van der Waals surface area (Å²) in [7, 11) is 1.65. The predicted octanol–water partition coefficient (Wildman–Crippen LogP) is -0.696. The van der Waals surface area contributed by atoms with E-state index in [1.165, 1.54) is 0 Å². The molecule has 1 fully saturated rings. The van der Waals surface area contributed by atoms with Crippen LogP contribution in [0.5, 0.6) is 0 Å². The molecule has 96 valence electrons. The number of methoxy groups -OCH3 is 1. The van der Waals surface area contributed by atoms with Crippen LogP contribution in [0.25, 0.3) is 0 Å². The van der Waals surface area contributed by atoms with Crippen molar-refractivity contribution in [1.29, 1.82) is 0 Å². The Bertz CT molecular complexity index is 175. The van der Waals surface area contributed by atoms with Crippen molar-refractivity contribution in [1.82, 2.24) is 10.2 Å². The number of aliphatic hydroxyl groups excluding tert-OH is 1. The lowest BCUT2D eigenvalue weighted by Gasteiger charge is -2.29. The van der Waals surface area contributed by atoms with E-state index in [0.717, 1.165) is 26.2 Å². The van der Waals surface area contributed by atoms with Gasteiger partial charge < -0.3 is 19.9 Å². The first-order valence-electron chi connectivity index (χ1n) is 5.94. The maximum atomic E-state index is 9.79. The summed E-state index contributed by atoms with van der Waals surface area (Å²) in [6, 6.07) is 0. The maximum absolute atomic E-state index is 9.79. The van der Waals surface area contributed by atoms with Gasteiger partial charge in [-0.1, -0.05) is 0 Å². The molecule has 16 heavy (non-hydrogen) atoms. The number of piperazine rings is 1. The lowest BCUT2D eigenvalue weighted by Crippen LogP contribution is -2.47. The summed E-state index contributed by atoms with van der Waals surface area (Å²) >= 11 is 0. The van der Waals surface area contributed by atoms with Crippen LogP contribution < -0.4 is 5.32 Å². The topological polar surface area (TPSA) is 54.0 Å². The SMILES string of the molecule is COCC(C)OCC(O)CN1CCNCC1. The van der Waals surface area contributed by atoms with Crippen LogP contribution in [0.4, 0.5) is 0 Å². The van der Waals surface area contributed by atoms with Gasteiger partial charge in [0, 0.05) is 39.8 Å². The van der Waals surface area contributed by atoms with Gasteiger partial charge in [-0.15, -0.1) is 0 Å². The Kier molecular flexibility index (Phi) is 6.91. The summed E-state index contributed by atoms with van der Waals surface area (Å²) in [5.41, 5.74) is 0. The van der Waals surface area contributed by atoms with E-state index in [-0.39, 0.29) is 6.10 Å². The van der Waals surface area contributed by atoms with Crippen LogP contribution >= 0.6 is 0 Å². The largest absolute Gasteiger partial charge is 0.389 e. The van der Waals surface area contributed by atoms with Crippen LogP contribution in [0.3, 0.4) is 0 Å². The molecule has 2 atom stereocenters. The molecule has 5 nitrogen and oxygen atoms in total. The number of hydrogen-bond donors (Lipinski definition) is 2. The number of β-amino-alcohol motifs (C(OH)–C–C–N with tert-alkyl or cyclic N) is 1.